The van der Waals surface area contributed by atoms with Gasteiger partial charge in [-0.3, -0.25) is 14.7 Å². The van der Waals surface area contributed by atoms with Crippen LogP contribution in [0.4, 0.5) is 0 Å². The number of aliphatic hydroxyl groups is 3. The monoisotopic (exact) mass is 300 g/mol. The Morgan fingerprint density at radius 1 is 1.52 bits per heavy atom. The Morgan fingerprint density at radius 2 is 2.24 bits per heavy atom. The van der Waals surface area contributed by atoms with Gasteiger partial charge >= 0.3 is 0 Å². The molecule has 0 aromatic heterocycles. The molecule has 6 N–H and O–H groups in total. The number of nitrogens with one attached hydrogen (secondary N) is 1. The zero-order chi connectivity index (χ0) is 15.3. The number of guanidine groups is 1. The van der Waals surface area contributed by atoms with Crippen LogP contribution in [0.3, 0.4) is 0 Å². The van der Waals surface area contributed by atoms with Gasteiger partial charge in [-0.25, -0.2) is 9.89 Å². The van der Waals surface area contributed by atoms with Gasteiger partial charge in [-0.1, -0.05) is 0 Å². The number of amides is 1. The van der Waals surface area contributed by atoms with Crippen molar-refractivity contribution in [3.05, 3.63) is 0 Å². The Hall–Kier alpha value is -1.75. The van der Waals surface area contributed by atoms with Crippen molar-refractivity contribution in [3.8, 4) is 0 Å². The summed E-state index contributed by atoms with van der Waals surface area (Å²) in [6.07, 6.45) is -3.33. The second-order valence-corrected chi connectivity index (χ2v) is 5.32. The quantitative estimate of drug-likeness (QED) is 0.324. The molecule has 1 fully saturated rings. The van der Waals surface area contributed by atoms with E-state index in [0.717, 1.165) is 0 Å². The van der Waals surface area contributed by atoms with Crippen LogP contribution in [0.25, 0.3) is 0 Å². The van der Waals surface area contributed by atoms with Gasteiger partial charge in [0.2, 0.25) is 24.8 Å². The summed E-state index contributed by atoms with van der Waals surface area (Å²) in [4.78, 5) is 17.7. The fourth-order valence-corrected chi connectivity index (χ4v) is 2.90. The highest BCUT2D eigenvalue weighted by atomic mass is 16.6. The molecule has 0 saturated carbocycles. The van der Waals surface area contributed by atoms with E-state index in [2.05, 4.69) is 10.3 Å². The summed E-state index contributed by atoms with van der Waals surface area (Å²) in [5, 5.41) is 31.5. The molecule has 6 atom stereocenters. The summed E-state index contributed by atoms with van der Waals surface area (Å²) in [6, 6.07) is -0.599. The number of rotatable bonds is 2. The van der Waals surface area contributed by atoms with E-state index in [-0.39, 0.29) is 11.9 Å². The topological polar surface area (TPSA) is 144 Å². The lowest BCUT2D eigenvalue weighted by Gasteiger charge is -2.27. The van der Waals surface area contributed by atoms with Gasteiger partial charge in [-0.2, -0.15) is 0 Å². The Morgan fingerprint density at radius 3 is 2.86 bits per heavy atom. The van der Waals surface area contributed by atoms with E-state index in [1.54, 1.807) is 18.0 Å². The first-order valence-corrected chi connectivity index (χ1v) is 6.55. The van der Waals surface area contributed by atoms with Gasteiger partial charge in [0, 0.05) is 0 Å². The van der Waals surface area contributed by atoms with Crippen molar-refractivity contribution in [2.24, 2.45) is 10.7 Å². The van der Waals surface area contributed by atoms with E-state index >= 15 is 0 Å². The molecule has 3 heterocycles. The van der Waals surface area contributed by atoms with Crippen LogP contribution in [0.15, 0.2) is 4.99 Å². The van der Waals surface area contributed by atoms with Crippen molar-refractivity contribution in [2.45, 2.75) is 36.7 Å². The maximum Gasteiger partial charge on any atom is 0.278 e. The summed E-state index contributed by atoms with van der Waals surface area (Å²) in [5.41, 5.74) is 5.57. The first-order valence-electron chi connectivity index (χ1n) is 6.55. The van der Waals surface area contributed by atoms with Gasteiger partial charge < -0.3 is 25.8 Å². The summed E-state index contributed by atoms with van der Waals surface area (Å²) in [5.74, 6) is -0.317. The number of aliphatic hydroxyl groups excluding tert-OH is 3. The molecular formula is C11H18N5O5+. The number of hydrogen-bond donors (Lipinski definition) is 5. The summed E-state index contributed by atoms with van der Waals surface area (Å²) >= 11 is 0. The lowest BCUT2D eigenvalue weighted by molar-refractivity contribution is -0.513. The van der Waals surface area contributed by atoms with E-state index in [1.165, 1.54) is 4.90 Å². The van der Waals surface area contributed by atoms with Crippen molar-refractivity contribution >= 4 is 18.2 Å². The number of fused-ring (bicyclic) bond motifs is 1. The van der Waals surface area contributed by atoms with E-state index in [1.807, 2.05) is 0 Å². The molecule has 0 spiro atoms. The third-order valence-electron chi connectivity index (χ3n) is 3.94. The number of carbonyl (C=O) groups is 1. The Kier molecular flexibility index (Phi) is 3.32. The van der Waals surface area contributed by atoms with Crippen LogP contribution in [0.2, 0.25) is 0 Å². The van der Waals surface area contributed by atoms with Gasteiger partial charge in [0.25, 0.3) is 5.91 Å². The Labute approximate surface area is 120 Å². The molecule has 0 radical (unpaired) electrons. The highest BCUT2D eigenvalue weighted by molar-refractivity contribution is 6.01. The molecule has 3 aliphatic rings. The Bertz CT molecular complexity index is 523. The van der Waals surface area contributed by atoms with Crippen molar-refractivity contribution < 1.29 is 29.4 Å². The van der Waals surface area contributed by atoms with E-state index < -0.39 is 43.4 Å². The predicted octanol–water partition coefficient (Wildman–Crippen LogP) is -4.45. The minimum atomic E-state index is -1.23. The molecular weight excluding hydrogens is 282 g/mol. The van der Waals surface area contributed by atoms with E-state index in [9.17, 15) is 15.0 Å². The fourth-order valence-electron chi connectivity index (χ4n) is 2.90. The normalized spacial score (nSPS) is 42.5. The number of carbonyl (C=O) groups excluding carboxylic acids is 1. The molecule has 0 bridgehead atoms. The third kappa shape index (κ3) is 2.07. The van der Waals surface area contributed by atoms with Crippen LogP contribution in [-0.2, 0) is 9.53 Å². The van der Waals surface area contributed by atoms with Crippen LogP contribution in [0.5, 0.6) is 0 Å². The molecule has 1 saturated heterocycles. The molecule has 116 valence electrons. The third-order valence-corrected chi connectivity index (χ3v) is 3.94. The van der Waals surface area contributed by atoms with Crippen LogP contribution >= 0.6 is 0 Å². The molecule has 0 aromatic rings. The van der Waals surface area contributed by atoms with Gasteiger partial charge in [0.05, 0.1) is 13.7 Å². The average Bonchev–Trinajstić information content (AvgIpc) is 2.89. The molecule has 10 nitrogen and oxygen atoms in total. The summed E-state index contributed by atoms with van der Waals surface area (Å²) in [6.45, 7) is -0.418. The molecule has 1 amide bonds. The molecule has 10 heteroatoms. The number of nitrogens with two attached hydrogens (primary N) is 1. The van der Waals surface area contributed by atoms with Crippen molar-refractivity contribution in [1.82, 2.24) is 10.2 Å². The number of likely N-dealkylation sites (N-methyl/N-ethyl adjacent to an activating group) is 1. The standard InChI is InChI=1S/C11H17N5O5/c1-15-3-16(8-5(15)9(20)14-11(12)13-8)10-7(19)6(18)4(2-17)21-10/h3-8,10,17-19H,2H2,1H3,(H2-,12,13,14,20)/p+1/t4-,5?,6+,7?,8?,10-/m1/s1. The first-order chi connectivity index (χ1) is 9.93. The molecule has 0 aromatic carbocycles. The molecule has 3 aliphatic heterocycles. The Balaban J connectivity index is 1.89. The second kappa shape index (κ2) is 4.91. The number of ether oxygens (including phenoxy) is 1. The van der Waals surface area contributed by atoms with Crippen molar-refractivity contribution in [1.29, 1.82) is 0 Å². The summed E-state index contributed by atoms with van der Waals surface area (Å²) < 4.78 is 7.09. The van der Waals surface area contributed by atoms with Crippen LogP contribution < -0.4 is 11.1 Å². The lowest BCUT2D eigenvalue weighted by Crippen LogP contribution is -2.58. The smallest absolute Gasteiger partial charge is 0.278 e. The van der Waals surface area contributed by atoms with Crippen LogP contribution in [-0.4, -0.2) is 93.4 Å². The highest BCUT2D eigenvalue weighted by Crippen LogP contribution is 2.28. The molecule has 0 aliphatic carbocycles. The lowest BCUT2D eigenvalue weighted by atomic mass is 10.1. The minimum absolute atomic E-state index is 0.0123. The maximum absolute atomic E-state index is 12.0. The fraction of sp³-hybridized carbons (Fsp3) is 0.727. The molecule has 3 rings (SSSR count). The van der Waals surface area contributed by atoms with Crippen LogP contribution in [0, 0.1) is 0 Å². The predicted molar refractivity (Wildman–Crippen MR) is 69.2 cm³/mol. The number of nitrogens with zero attached hydrogens (tertiary/aromatic N) is 3. The SMILES string of the molecule is C[N+]1=CN([C@@H]2O[C@H](CO)[C@H](O)C2O)C2N=C(N)NC(=O)C21. The highest BCUT2D eigenvalue weighted by Gasteiger charge is 2.56. The van der Waals surface area contributed by atoms with Gasteiger partial charge in [0.1, 0.15) is 18.3 Å². The van der Waals surface area contributed by atoms with E-state index in [0.29, 0.717) is 0 Å². The van der Waals surface area contributed by atoms with E-state index in [4.69, 9.17) is 15.6 Å². The van der Waals surface area contributed by atoms with Crippen LogP contribution in [0.1, 0.15) is 0 Å². The second-order valence-electron chi connectivity index (χ2n) is 5.32. The number of hydrogen-bond acceptors (Lipinski definition) is 8. The summed E-state index contributed by atoms with van der Waals surface area (Å²) in [7, 11) is 1.69. The average molecular weight is 300 g/mol. The van der Waals surface area contributed by atoms with Gasteiger partial charge in [-0.15, -0.1) is 0 Å². The van der Waals surface area contributed by atoms with Crippen molar-refractivity contribution in [2.75, 3.05) is 13.7 Å². The molecule has 21 heavy (non-hydrogen) atoms. The first kappa shape index (κ1) is 14.2. The van der Waals surface area contributed by atoms with Gasteiger partial charge in [0.15, 0.2) is 5.96 Å². The number of aliphatic imine (C=N–C) groups is 1. The largest absolute Gasteiger partial charge is 0.394 e. The minimum Gasteiger partial charge on any atom is -0.394 e. The van der Waals surface area contributed by atoms with Crippen molar-refractivity contribution in [3.63, 3.8) is 0 Å². The zero-order valence-electron chi connectivity index (χ0n) is 11.3. The molecule has 3 unspecified atom stereocenters. The zero-order valence-corrected chi connectivity index (χ0v) is 11.3. The maximum atomic E-state index is 12.0. The van der Waals surface area contributed by atoms with Gasteiger partial charge in [-0.05, 0) is 0 Å².